The van der Waals surface area contributed by atoms with Gasteiger partial charge < -0.3 is 10.2 Å². The average molecular weight is 288 g/mol. The van der Waals surface area contributed by atoms with Gasteiger partial charge in [-0.1, -0.05) is 0 Å². The van der Waals surface area contributed by atoms with Crippen molar-refractivity contribution in [3.63, 3.8) is 0 Å². The molecule has 0 bridgehead atoms. The maximum absolute atomic E-state index is 12.3. The number of hydrogen-bond donors (Lipinski definition) is 1. The lowest BCUT2D eigenvalue weighted by Crippen LogP contribution is -2.40. The van der Waals surface area contributed by atoms with E-state index in [0.29, 0.717) is 11.1 Å². The fourth-order valence-electron chi connectivity index (χ4n) is 2.46. The van der Waals surface area contributed by atoms with Crippen molar-refractivity contribution in [2.24, 2.45) is 0 Å². The minimum absolute atomic E-state index is 0.0671. The second kappa shape index (κ2) is 6.29. The first-order chi connectivity index (χ1) is 9.87. The van der Waals surface area contributed by atoms with Crippen LogP contribution in [-0.2, 0) is 0 Å². The van der Waals surface area contributed by atoms with E-state index >= 15 is 0 Å². The molecule has 1 aliphatic rings. The van der Waals surface area contributed by atoms with Gasteiger partial charge in [0.05, 0.1) is 0 Å². The van der Waals surface area contributed by atoms with Crippen molar-refractivity contribution in [2.45, 2.75) is 45.6 Å². The molecule has 0 radical (unpaired) electrons. The Balaban J connectivity index is 2.04. The zero-order chi connectivity index (χ0) is 15.5. The molecule has 4 nitrogen and oxygen atoms in total. The molecule has 0 atom stereocenters. The Morgan fingerprint density at radius 1 is 0.952 bits per heavy atom. The van der Waals surface area contributed by atoms with Gasteiger partial charge in [0, 0.05) is 29.8 Å². The first-order valence-electron chi connectivity index (χ1n) is 7.59. The van der Waals surface area contributed by atoms with E-state index in [1.54, 1.807) is 24.3 Å². The van der Waals surface area contributed by atoms with Crippen molar-refractivity contribution < 1.29 is 9.59 Å². The highest BCUT2D eigenvalue weighted by Gasteiger charge is 2.19. The van der Waals surface area contributed by atoms with Gasteiger partial charge in [-0.3, -0.25) is 9.59 Å². The van der Waals surface area contributed by atoms with Gasteiger partial charge in [-0.25, -0.2) is 0 Å². The van der Waals surface area contributed by atoms with Crippen LogP contribution in [0.3, 0.4) is 0 Å². The van der Waals surface area contributed by atoms with Crippen LogP contribution < -0.4 is 5.32 Å². The Hall–Kier alpha value is -1.84. The van der Waals surface area contributed by atoms with Gasteiger partial charge in [0.2, 0.25) is 0 Å². The predicted molar refractivity (Wildman–Crippen MR) is 83.4 cm³/mol. The van der Waals surface area contributed by atoms with Gasteiger partial charge in [0.1, 0.15) is 0 Å². The minimum atomic E-state index is -0.265. The molecule has 1 fully saturated rings. The standard InChI is InChI=1S/C17H24N2O2/c1-17(2,3)18-15(20)13-7-9-14(10-8-13)16(21)19-11-5-4-6-12-19/h7-10H,4-6,11-12H2,1-3H3,(H,18,20). The Morgan fingerprint density at radius 2 is 1.48 bits per heavy atom. The van der Waals surface area contributed by atoms with Crippen LogP contribution in [0.1, 0.15) is 60.7 Å². The van der Waals surface area contributed by atoms with E-state index in [4.69, 9.17) is 0 Å². The van der Waals surface area contributed by atoms with Crippen LogP contribution in [0.15, 0.2) is 24.3 Å². The Bertz CT molecular complexity index is 509. The third-order valence-corrected chi connectivity index (χ3v) is 3.53. The second-order valence-corrected chi connectivity index (χ2v) is 6.63. The molecule has 0 unspecified atom stereocenters. The van der Waals surface area contributed by atoms with Crippen molar-refractivity contribution in [1.29, 1.82) is 0 Å². The molecule has 21 heavy (non-hydrogen) atoms. The van der Waals surface area contributed by atoms with E-state index in [2.05, 4.69) is 5.32 Å². The number of amides is 2. The van der Waals surface area contributed by atoms with Crippen molar-refractivity contribution in [2.75, 3.05) is 13.1 Å². The summed E-state index contributed by atoms with van der Waals surface area (Å²) in [6.07, 6.45) is 3.37. The maximum atomic E-state index is 12.3. The molecule has 114 valence electrons. The molecule has 1 saturated heterocycles. The number of likely N-dealkylation sites (tertiary alicyclic amines) is 1. The zero-order valence-corrected chi connectivity index (χ0v) is 13.1. The predicted octanol–water partition coefficient (Wildman–Crippen LogP) is 2.84. The van der Waals surface area contributed by atoms with Crippen LogP contribution in [0.25, 0.3) is 0 Å². The third kappa shape index (κ3) is 4.31. The first kappa shape index (κ1) is 15.5. The highest BCUT2D eigenvalue weighted by Crippen LogP contribution is 2.14. The summed E-state index contributed by atoms with van der Waals surface area (Å²) >= 11 is 0. The van der Waals surface area contributed by atoms with E-state index in [1.807, 2.05) is 25.7 Å². The van der Waals surface area contributed by atoms with Gasteiger partial charge >= 0.3 is 0 Å². The summed E-state index contributed by atoms with van der Waals surface area (Å²) in [4.78, 5) is 26.3. The highest BCUT2D eigenvalue weighted by atomic mass is 16.2. The number of carbonyl (C=O) groups excluding carboxylic acids is 2. The monoisotopic (exact) mass is 288 g/mol. The quantitative estimate of drug-likeness (QED) is 0.909. The number of rotatable bonds is 2. The molecule has 1 aromatic rings. The molecule has 0 saturated carbocycles. The summed E-state index contributed by atoms with van der Waals surface area (Å²) in [5, 5.41) is 2.91. The summed E-state index contributed by atoms with van der Waals surface area (Å²) in [7, 11) is 0. The summed E-state index contributed by atoms with van der Waals surface area (Å²) < 4.78 is 0. The van der Waals surface area contributed by atoms with E-state index in [1.165, 1.54) is 6.42 Å². The van der Waals surface area contributed by atoms with Crippen molar-refractivity contribution in [3.05, 3.63) is 35.4 Å². The summed E-state index contributed by atoms with van der Waals surface area (Å²) in [6, 6.07) is 6.93. The minimum Gasteiger partial charge on any atom is -0.347 e. The van der Waals surface area contributed by atoms with Gasteiger partial charge in [-0.2, -0.15) is 0 Å². The molecule has 0 aromatic heterocycles. The van der Waals surface area contributed by atoms with Crippen LogP contribution in [0.4, 0.5) is 0 Å². The SMILES string of the molecule is CC(C)(C)NC(=O)c1ccc(C(=O)N2CCCCC2)cc1. The molecule has 2 amide bonds. The van der Waals surface area contributed by atoms with Gasteiger partial charge in [0.25, 0.3) is 11.8 Å². The maximum Gasteiger partial charge on any atom is 0.253 e. The van der Waals surface area contributed by atoms with E-state index in [-0.39, 0.29) is 17.4 Å². The number of piperidine rings is 1. The molecule has 1 aromatic carbocycles. The van der Waals surface area contributed by atoms with Gasteiger partial charge in [-0.15, -0.1) is 0 Å². The third-order valence-electron chi connectivity index (χ3n) is 3.53. The number of carbonyl (C=O) groups is 2. The average Bonchev–Trinajstić information content (AvgIpc) is 2.46. The van der Waals surface area contributed by atoms with Crippen LogP contribution >= 0.6 is 0 Å². The fraction of sp³-hybridized carbons (Fsp3) is 0.529. The molecule has 4 heteroatoms. The van der Waals surface area contributed by atoms with Crippen LogP contribution in [0.5, 0.6) is 0 Å². The summed E-state index contributed by atoms with van der Waals surface area (Å²) in [6.45, 7) is 7.51. The molecular formula is C17H24N2O2. The van der Waals surface area contributed by atoms with Gasteiger partial charge in [0.15, 0.2) is 0 Å². The van der Waals surface area contributed by atoms with E-state index < -0.39 is 0 Å². The van der Waals surface area contributed by atoms with E-state index in [9.17, 15) is 9.59 Å². The molecule has 0 spiro atoms. The molecule has 1 heterocycles. The van der Waals surface area contributed by atoms with Gasteiger partial charge in [-0.05, 0) is 64.3 Å². The Morgan fingerprint density at radius 3 is 2.00 bits per heavy atom. The lowest BCUT2D eigenvalue weighted by molar-refractivity contribution is 0.0723. The van der Waals surface area contributed by atoms with Crippen molar-refractivity contribution in [3.8, 4) is 0 Å². The van der Waals surface area contributed by atoms with Crippen LogP contribution in [0.2, 0.25) is 0 Å². The molecule has 0 aliphatic carbocycles. The molecule has 1 aliphatic heterocycles. The summed E-state index contributed by atoms with van der Waals surface area (Å²) in [5.41, 5.74) is 0.976. The summed E-state index contributed by atoms with van der Waals surface area (Å²) in [5.74, 6) is -0.0445. The second-order valence-electron chi connectivity index (χ2n) is 6.63. The topological polar surface area (TPSA) is 49.4 Å². The molecular weight excluding hydrogens is 264 g/mol. The number of nitrogens with one attached hydrogen (secondary N) is 1. The highest BCUT2D eigenvalue weighted by molar-refractivity contribution is 5.98. The first-order valence-corrected chi connectivity index (χ1v) is 7.59. The van der Waals surface area contributed by atoms with Crippen LogP contribution in [-0.4, -0.2) is 35.3 Å². The Kier molecular flexibility index (Phi) is 4.66. The number of nitrogens with zero attached hydrogens (tertiary/aromatic N) is 1. The lowest BCUT2D eigenvalue weighted by Gasteiger charge is -2.26. The smallest absolute Gasteiger partial charge is 0.253 e. The number of benzene rings is 1. The molecule has 2 rings (SSSR count). The van der Waals surface area contributed by atoms with Crippen molar-refractivity contribution in [1.82, 2.24) is 10.2 Å². The lowest BCUT2D eigenvalue weighted by atomic mass is 10.1. The normalized spacial score (nSPS) is 15.7. The van der Waals surface area contributed by atoms with Crippen molar-refractivity contribution >= 4 is 11.8 Å². The largest absolute Gasteiger partial charge is 0.347 e. The fourth-order valence-corrected chi connectivity index (χ4v) is 2.46. The Labute approximate surface area is 126 Å². The zero-order valence-electron chi connectivity index (χ0n) is 13.1. The van der Waals surface area contributed by atoms with E-state index in [0.717, 1.165) is 25.9 Å². The number of hydrogen-bond acceptors (Lipinski definition) is 2. The van der Waals surface area contributed by atoms with Crippen LogP contribution in [0, 0.1) is 0 Å². The molecule has 1 N–H and O–H groups in total.